The number of rotatable bonds is 6. The van der Waals surface area contributed by atoms with Gasteiger partial charge in [0, 0.05) is 39.3 Å². The van der Waals surface area contributed by atoms with Gasteiger partial charge in [-0.3, -0.25) is 4.79 Å². The molecule has 36 heavy (non-hydrogen) atoms. The molecular weight excluding hydrogens is 582 g/mol. The van der Waals surface area contributed by atoms with Crippen molar-refractivity contribution in [3.8, 4) is 0 Å². The number of carbonyl (C=O) groups excluding carboxylic acids is 1. The number of aromatic nitrogens is 2. The molecule has 0 unspecified atom stereocenters. The number of fused-ring (bicyclic) bond motifs is 1. The molecule has 0 bridgehead atoms. The average molecular weight is 611 g/mol. The molecule has 2 aliphatic heterocycles. The van der Waals surface area contributed by atoms with E-state index in [0.29, 0.717) is 36.3 Å². The van der Waals surface area contributed by atoms with Crippen LogP contribution < -0.4 is 4.90 Å². The second kappa shape index (κ2) is 10.9. The number of piperazine rings is 1. The second-order valence-corrected chi connectivity index (χ2v) is 14.7. The number of sulfonamides is 1. The molecule has 1 amide bonds. The topological polar surface area (TPSA) is 86.7 Å². The Balaban J connectivity index is 1.25. The zero-order chi connectivity index (χ0) is 25.3. The minimum Gasteiger partial charge on any atom is -0.354 e. The van der Waals surface area contributed by atoms with E-state index in [1.54, 1.807) is 17.0 Å². The predicted octanol–water partition coefficient (Wildman–Crippen LogP) is 4.32. The van der Waals surface area contributed by atoms with Crippen molar-refractivity contribution in [2.24, 2.45) is 5.92 Å². The third-order valence-electron chi connectivity index (χ3n) is 6.67. The van der Waals surface area contributed by atoms with Gasteiger partial charge in [-0.15, -0.1) is 11.3 Å². The van der Waals surface area contributed by atoms with Gasteiger partial charge in [0.1, 0.15) is 9.24 Å². The Morgan fingerprint density at radius 2 is 1.69 bits per heavy atom. The smallest absolute Gasteiger partial charge is 0.252 e. The summed E-state index contributed by atoms with van der Waals surface area (Å²) in [5, 5.41) is 0.779. The van der Waals surface area contributed by atoms with Crippen LogP contribution in [0, 0.1) is 5.92 Å². The van der Waals surface area contributed by atoms with Crippen LogP contribution in [0.3, 0.4) is 0 Å². The number of para-hydroxylation sites is 2. The molecule has 3 aromatic rings. The van der Waals surface area contributed by atoms with Crippen molar-refractivity contribution in [2.75, 3.05) is 49.9 Å². The molecule has 0 N–H and O–H groups in total. The van der Waals surface area contributed by atoms with Crippen LogP contribution in [0.1, 0.15) is 19.8 Å². The molecule has 0 atom stereocenters. The summed E-state index contributed by atoms with van der Waals surface area (Å²) in [5.74, 6) is 1.80. The fourth-order valence-electron chi connectivity index (χ4n) is 4.46. The van der Waals surface area contributed by atoms with Gasteiger partial charge < -0.3 is 9.80 Å². The molecule has 1 aromatic carbocycles. The molecule has 2 aliphatic rings. The number of hydrogen-bond donors (Lipinski definition) is 0. The van der Waals surface area contributed by atoms with Gasteiger partial charge >= 0.3 is 0 Å². The molecule has 192 valence electrons. The van der Waals surface area contributed by atoms with Crippen LogP contribution in [0.2, 0.25) is 0 Å². The van der Waals surface area contributed by atoms with Gasteiger partial charge in [0.05, 0.1) is 20.6 Å². The molecular formula is C24H28BrN5O3S3. The summed E-state index contributed by atoms with van der Waals surface area (Å²) in [7, 11) is -3.53. The van der Waals surface area contributed by atoms with Gasteiger partial charge in [-0.25, -0.2) is 18.4 Å². The first-order valence-corrected chi connectivity index (χ1v) is 16.0. The molecule has 0 saturated carbocycles. The van der Waals surface area contributed by atoms with Gasteiger partial charge in [-0.05, 0) is 59.0 Å². The fraction of sp³-hybridized carbons (Fsp3) is 0.458. The Bertz CT molecular complexity index is 1350. The first-order valence-electron chi connectivity index (χ1n) is 12.0. The van der Waals surface area contributed by atoms with Gasteiger partial charge in [0.15, 0.2) is 5.82 Å². The molecule has 5 rings (SSSR count). The van der Waals surface area contributed by atoms with E-state index in [0.717, 1.165) is 51.6 Å². The molecule has 0 radical (unpaired) electrons. The second-order valence-electron chi connectivity index (χ2n) is 9.14. The molecule has 2 aromatic heterocycles. The summed E-state index contributed by atoms with van der Waals surface area (Å²) in [6, 6.07) is 11.2. The lowest BCUT2D eigenvalue weighted by Gasteiger charge is -2.34. The van der Waals surface area contributed by atoms with Crippen molar-refractivity contribution >= 4 is 71.8 Å². The molecule has 4 heterocycles. The van der Waals surface area contributed by atoms with Crippen molar-refractivity contribution in [2.45, 2.75) is 29.0 Å². The van der Waals surface area contributed by atoms with Crippen molar-refractivity contribution in [3.63, 3.8) is 0 Å². The van der Waals surface area contributed by atoms with Crippen LogP contribution in [-0.4, -0.2) is 78.5 Å². The Kier molecular flexibility index (Phi) is 7.87. The fourth-order valence-corrected chi connectivity index (χ4v) is 8.96. The molecule has 0 aliphatic carbocycles. The number of nitrogens with zero attached hydrogens (tertiary/aromatic N) is 5. The number of thiophene rings is 1. The maximum Gasteiger partial charge on any atom is 0.252 e. The predicted molar refractivity (Wildman–Crippen MR) is 148 cm³/mol. The highest BCUT2D eigenvalue weighted by Gasteiger charge is 2.31. The van der Waals surface area contributed by atoms with Crippen molar-refractivity contribution in [1.82, 2.24) is 19.2 Å². The van der Waals surface area contributed by atoms with E-state index >= 15 is 0 Å². The summed E-state index contributed by atoms with van der Waals surface area (Å²) in [4.78, 5) is 26.9. The van der Waals surface area contributed by atoms with Crippen molar-refractivity contribution < 1.29 is 13.2 Å². The van der Waals surface area contributed by atoms with E-state index in [1.807, 2.05) is 24.3 Å². The summed E-state index contributed by atoms with van der Waals surface area (Å²) < 4.78 is 28.3. The highest BCUT2D eigenvalue weighted by molar-refractivity contribution is 9.11. The Morgan fingerprint density at radius 1 is 1.03 bits per heavy atom. The van der Waals surface area contributed by atoms with E-state index in [1.165, 1.54) is 27.4 Å². The largest absolute Gasteiger partial charge is 0.354 e. The maximum absolute atomic E-state index is 13.1. The Hall–Kier alpha value is -1.73. The maximum atomic E-state index is 13.1. The van der Waals surface area contributed by atoms with Crippen LogP contribution in [0.25, 0.3) is 11.0 Å². The first-order chi connectivity index (χ1) is 17.3. The van der Waals surface area contributed by atoms with Gasteiger partial charge in [0.2, 0.25) is 5.91 Å². The number of amides is 1. The van der Waals surface area contributed by atoms with E-state index in [9.17, 15) is 13.2 Å². The lowest BCUT2D eigenvalue weighted by atomic mass is 9.99. The summed E-state index contributed by atoms with van der Waals surface area (Å²) in [5.41, 5.74) is 1.68. The van der Waals surface area contributed by atoms with Gasteiger partial charge in [-0.1, -0.05) is 30.8 Å². The summed E-state index contributed by atoms with van der Waals surface area (Å²) in [6.07, 6.45) is 2.24. The number of benzene rings is 1. The lowest BCUT2D eigenvalue weighted by Crippen LogP contribution is -2.50. The average Bonchev–Trinajstić information content (AvgIpc) is 3.34. The minimum atomic E-state index is -3.53. The van der Waals surface area contributed by atoms with E-state index in [-0.39, 0.29) is 11.7 Å². The van der Waals surface area contributed by atoms with Crippen LogP contribution in [0.4, 0.5) is 5.82 Å². The Labute approximate surface area is 228 Å². The van der Waals surface area contributed by atoms with Crippen LogP contribution in [0.15, 0.2) is 49.4 Å². The molecule has 0 spiro atoms. The van der Waals surface area contributed by atoms with E-state index < -0.39 is 10.0 Å². The normalized spacial score (nSPS) is 18.2. The minimum absolute atomic E-state index is 0.0101. The number of thioether (sulfide) groups is 1. The Morgan fingerprint density at radius 3 is 2.33 bits per heavy atom. The molecule has 2 fully saturated rings. The number of hydrogen-bond acceptors (Lipinski definition) is 8. The molecule has 2 saturated heterocycles. The third kappa shape index (κ3) is 5.57. The SMILES string of the molecule is CC1CCN(c2nc3ccccc3nc2SCC(=O)N2CCN(S(=O)(=O)c3ccc(Br)s3)CC2)CC1. The zero-order valence-corrected chi connectivity index (χ0v) is 24.0. The van der Waals surface area contributed by atoms with Crippen LogP contribution in [0.5, 0.6) is 0 Å². The summed E-state index contributed by atoms with van der Waals surface area (Å²) >= 11 is 5.95. The number of piperidine rings is 1. The van der Waals surface area contributed by atoms with Crippen LogP contribution in [-0.2, 0) is 14.8 Å². The molecule has 12 heteroatoms. The lowest BCUT2D eigenvalue weighted by molar-refractivity contribution is -0.129. The van der Waals surface area contributed by atoms with Gasteiger partial charge in [0.25, 0.3) is 10.0 Å². The summed E-state index contributed by atoms with van der Waals surface area (Å²) in [6.45, 7) is 5.50. The highest BCUT2D eigenvalue weighted by atomic mass is 79.9. The third-order valence-corrected chi connectivity index (χ3v) is 11.6. The standard InChI is InChI=1S/C24H28BrN5O3S3/c1-17-8-10-29(11-9-17)23-24(27-19-5-3-2-4-18(19)26-23)34-16-21(31)28-12-14-30(15-13-28)36(32,33)22-7-6-20(25)35-22/h2-7,17H,8-16H2,1H3. The number of halogens is 1. The first kappa shape index (κ1) is 25.9. The van der Waals surface area contributed by atoms with Crippen molar-refractivity contribution in [3.05, 3.63) is 40.2 Å². The van der Waals surface area contributed by atoms with Crippen molar-refractivity contribution in [1.29, 1.82) is 0 Å². The number of carbonyl (C=O) groups is 1. The number of anilines is 1. The van der Waals surface area contributed by atoms with E-state index in [2.05, 4.69) is 27.8 Å². The van der Waals surface area contributed by atoms with Crippen LogP contribution >= 0.6 is 39.0 Å². The quantitative estimate of drug-likeness (QED) is 0.385. The highest BCUT2D eigenvalue weighted by Crippen LogP contribution is 2.32. The zero-order valence-electron chi connectivity index (χ0n) is 20.0. The van der Waals surface area contributed by atoms with E-state index in [4.69, 9.17) is 9.97 Å². The monoisotopic (exact) mass is 609 g/mol. The molecule has 8 nitrogen and oxygen atoms in total. The van der Waals surface area contributed by atoms with Gasteiger partial charge in [-0.2, -0.15) is 4.31 Å².